The molecule has 0 saturated heterocycles. The van der Waals surface area contributed by atoms with E-state index < -0.39 is 0 Å². The average Bonchev–Trinajstić information content (AvgIpc) is 2.93. The highest BCUT2D eigenvalue weighted by atomic mass is 16.5. The van der Waals surface area contributed by atoms with Crippen LogP contribution in [0.2, 0.25) is 0 Å². The van der Waals surface area contributed by atoms with Crippen molar-refractivity contribution in [3.63, 3.8) is 0 Å². The van der Waals surface area contributed by atoms with E-state index in [1.165, 1.54) is 0 Å². The maximum absolute atomic E-state index is 12.7. The first-order valence-corrected chi connectivity index (χ1v) is 8.44. The Morgan fingerprint density at radius 3 is 2.46 bits per heavy atom. The van der Waals surface area contributed by atoms with Crippen molar-refractivity contribution >= 4 is 5.91 Å². The highest BCUT2D eigenvalue weighted by Crippen LogP contribution is 2.35. The topological polar surface area (TPSA) is 38.8 Å². The summed E-state index contributed by atoms with van der Waals surface area (Å²) < 4.78 is 11.3. The van der Waals surface area contributed by atoms with Crippen LogP contribution >= 0.6 is 0 Å². The standard InChI is InChI=1S/C20H23NO3/c1-4-23-18-11-10-15(12-19(18)24-5-2)14(3)21-13-16-8-6-7-9-17(16)20(21)22/h6-12,14H,4-5,13H2,1-3H3/t14-/m1/s1. The van der Waals surface area contributed by atoms with E-state index in [2.05, 4.69) is 6.92 Å². The molecule has 0 fully saturated rings. The second kappa shape index (κ2) is 6.95. The lowest BCUT2D eigenvalue weighted by molar-refractivity contribution is 0.0715. The zero-order valence-corrected chi connectivity index (χ0v) is 14.4. The number of carbonyl (C=O) groups is 1. The van der Waals surface area contributed by atoms with E-state index in [0.717, 1.165) is 28.2 Å². The summed E-state index contributed by atoms with van der Waals surface area (Å²) in [7, 11) is 0. The third-order valence-corrected chi connectivity index (χ3v) is 4.37. The molecule has 0 unspecified atom stereocenters. The summed E-state index contributed by atoms with van der Waals surface area (Å²) in [6.07, 6.45) is 0. The van der Waals surface area contributed by atoms with E-state index in [1.54, 1.807) is 0 Å². The quantitative estimate of drug-likeness (QED) is 0.799. The fraction of sp³-hybridized carbons (Fsp3) is 0.350. The third kappa shape index (κ3) is 2.96. The second-order valence-electron chi connectivity index (χ2n) is 5.84. The van der Waals surface area contributed by atoms with Gasteiger partial charge in [-0.2, -0.15) is 0 Å². The van der Waals surface area contributed by atoms with Gasteiger partial charge in [-0.3, -0.25) is 4.79 Å². The van der Waals surface area contributed by atoms with Gasteiger partial charge in [0.2, 0.25) is 0 Å². The number of nitrogens with zero attached hydrogens (tertiary/aromatic N) is 1. The number of hydrogen-bond donors (Lipinski definition) is 0. The summed E-state index contributed by atoms with van der Waals surface area (Å²) in [6, 6.07) is 13.7. The number of ether oxygens (including phenoxy) is 2. The van der Waals surface area contributed by atoms with Gasteiger partial charge in [0.1, 0.15) is 0 Å². The van der Waals surface area contributed by atoms with E-state index in [9.17, 15) is 4.79 Å². The van der Waals surface area contributed by atoms with Crippen molar-refractivity contribution in [2.45, 2.75) is 33.4 Å². The fourth-order valence-electron chi connectivity index (χ4n) is 3.10. The summed E-state index contributed by atoms with van der Waals surface area (Å²) in [5.41, 5.74) is 2.94. The lowest BCUT2D eigenvalue weighted by Gasteiger charge is -2.25. The lowest BCUT2D eigenvalue weighted by Crippen LogP contribution is -2.27. The predicted molar refractivity (Wildman–Crippen MR) is 93.5 cm³/mol. The Kier molecular flexibility index (Phi) is 4.74. The molecule has 0 radical (unpaired) electrons. The number of carbonyl (C=O) groups excluding carboxylic acids is 1. The predicted octanol–water partition coefficient (Wildman–Crippen LogP) is 4.20. The highest BCUT2D eigenvalue weighted by Gasteiger charge is 2.31. The van der Waals surface area contributed by atoms with Gasteiger partial charge in [-0.15, -0.1) is 0 Å². The number of hydrogen-bond acceptors (Lipinski definition) is 3. The molecular weight excluding hydrogens is 302 g/mol. The molecule has 0 saturated carbocycles. The van der Waals surface area contributed by atoms with Gasteiger partial charge in [0.05, 0.1) is 19.3 Å². The molecule has 1 aliphatic rings. The van der Waals surface area contributed by atoms with Gasteiger partial charge in [0.15, 0.2) is 11.5 Å². The molecule has 126 valence electrons. The third-order valence-electron chi connectivity index (χ3n) is 4.37. The number of benzene rings is 2. The molecule has 24 heavy (non-hydrogen) atoms. The molecule has 0 N–H and O–H groups in total. The SMILES string of the molecule is CCOc1ccc([C@@H](C)N2Cc3ccccc3C2=O)cc1OCC. The first-order chi connectivity index (χ1) is 11.7. The van der Waals surface area contributed by atoms with E-state index >= 15 is 0 Å². The van der Waals surface area contributed by atoms with Crippen molar-refractivity contribution in [2.75, 3.05) is 13.2 Å². The Bertz CT molecular complexity index is 741. The maximum atomic E-state index is 12.7. The first kappa shape index (κ1) is 16.4. The molecule has 0 bridgehead atoms. The zero-order chi connectivity index (χ0) is 17.1. The summed E-state index contributed by atoms with van der Waals surface area (Å²) in [4.78, 5) is 14.6. The summed E-state index contributed by atoms with van der Waals surface area (Å²) >= 11 is 0. The first-order valence-electron chi connectivity index (χ1n) is 8.44. The van der Waals surface area contributed by atoms with Crippen LogP contribution in [0.25, 0.3) is 0 Å². The Morgan fingerprint density at radius 1 is 1.04 bits per heavy atom. The minimum absolute atomic E-state index is 0.0280. The van der Waals surface area contributed by atoms with Crippen LogP contribution in [0.3, 0.4) is 0 Å². The van der Waals surface area contributed by atoms with Crippen LogP contribution in [-0.2, 0) is 6.54 Å². The Morgan fingerprint density at radius 2 is 1.75 bits per heavy atom. The molecule has 4 nitrogen and oxygen atoms in total. The molecule has 1 atom stereocenters. The van der Waals surface area contributed by atoms with Crippen molar-refractivity contribution in [3.05, 3.63) is 59.2 Å². The molecule has 1 heterocycles. The maximum Gasteiger partial charge on any atom is 0.255 e. The number of rotatable bonds is 6. The van der Waals surface area contributed by atoms with Gasteiger partial charge in [0, 0.05) is 12.1 Å². The van der Waals surface area contributed by atoms with Gasteiger partial charge < -0.3 is 14.4 Å². The molecule has 2 aromatic carbocycles. The van der Waals surface area contributed by atoms with Gasteiger partial charge >= 0.3 is 0 Å². The second-order valence-corrected chi connectivity index (χ2v) is 5.84. The normalized spacial score (nSPS) is 14.5. The fourth-order valence-corrected chi connectivity index (χ4v) is 3.10. The van der Waals surface area contributed by atoms with Crippen molar-refractivity contribution in [3.8, 4) is 11.5 Å². The molecule has 1 aliphatic heterocycles. The molecule has 3 rings (SSSR count). The zero-order valence-electron chi connectivity index (χ0n) is 14.4. The largest absolute Gasteiger partial charge is 0.490 e. The van der Waals surface area contributed by atoms with Gasteiger partial charge in [-0.1, -0.05) is 24.3 Å². The summed E-state index contributed by atoms with van der Waals surface area (Å²) in [5.74, 6) is 1.56. The molecule has 1 amide bonds. The molecule has 0 aromatic heterocycles. The Labute approximate surface area is 143 Å². The smallest absolute Gasteiger partial charge is 0.255 e. The average molecular weight is 325 g/mol. The van der Waals surface area contributed by atoms with Crippen LogP contribution in [0.4, 0.5) is 0 Å². The molecular formula is C20H23NO3. The Hall–Kier alpha value is -2.49. The minimum atomic E-state index is -0.0280. The van der Waals surface area contributed by atoms with Crippen molar-refractivity contribution in [1.82, 2.24) is 4.90 Å². The van der Waals surface area contributed by atoms with Gasteiger partial charge in [-0.25, -0.2) is 0 Å². The molecule has 0 aliphatic carbocycles. The summed E-state index contributed by atoms with van der Waals surface area (Å²) in [6.45, 7) is 7.77. The van der Waals surface area contributed by atoms with Gasteiger partial charge in [-0.05, 0) is 50.1 Å². The van der Waals surface area contributed by atoms with Crippen molar-refractivity contribution < 1.29 is 14.3 Å². The van der Waals surface area contributed by atoms with Crippen LogP contribution in [-0.4, -0.2) is 24.0 Å². The summed E-state index contributed by atoms with van der Waals surface area (Å²) in [5, 5.41) is 0. The Balaban J connectivity index is 1.87. The highest BCUT2D eigenvalue weighted by molar-refractivity contribution is 5.98. The van der Waals surface area contributed by atoms with Crippen LogP contribution in [0, 0.1) is 0 Å². The minimum Gasteiger partial charge on any atom is -0.490 e. The van der Waals surface area contributed by atoms with E-state index in [-0.39, 0.29) is 11.9 Å². The van der Waals surface area contributed by atoms with Crippen molar-refractivity contribution in [1.29, 1.82) is 0 Å². The van der Waals surface area contributed by atoms with Crippen LogP contribution < -0.4 is 9.47 Å². The lowest BCUT2D eigenvalue weighted by atomic mass is 10.1. The molecule has 2 aromatic rings. The molecule has 0 spiro atoms. The van der Waals surface area contributed by atoms with Crippen molar-refractivity contribution in [2.24, 2.45) is 0 Å². The number of fused-ring (bicyclic) bond motifs is 1. The monoisotopic (exact) mass is 325 g/mol. The van der Waals surface area contributed by atoms with E-state index in [4.69, 9.17) is 9.47 Å². The van der Waals surface area contributed by atoms with Crippen LogP contribution in [0.15, 0.2) is 42.5 Å². The number of amides is 1. The molecule has 4 heteroatoms. The van der Waals surface area contributed by atoms with Gasteiger partial charge in [0.25, 0.3) is 5.91 Å². The van der Waals surface area contributed by atoms with Crippen LogP contribution in [0.5, 0.6) is 11.5 Å². The van der Waals surface area contributed by atoms with Crippen LogP contribution in [0.1, 0.15) is 48.3 Å². The van der Waals surface area contributed by atoms with E-state index in [1.807, 2.05) is 61.2 Å². The van der Waals surface area contributed by atoms with E-state index in [0.29, 0.717) is 19.8 Å².